The minimum atomic E-state index is -1.06. The van der Waals surface area contributed by atoms with Crippen molar-refractivity contribution in [2.75, 3.05) is 12.4 Å². The second kappa shape index (κ2) is 4.18. The molecule has 1 aliphatic heterocycles. The minimum absolute atomic E-state index is 0.303. The van der Waals surface area contributed by atoms with E-state index in [1.807, 2.05) is 18.2 Å². The molecule has 5 heteroatoms. The van der Waals surface area contributed by atoms with Gasteiger partial charge < -0.3 is 5.32 Å². The molecule has 2 rings (SSSR count). The summed E-state index contributed by atoms with van der Waals surface area (Å²) in [4.78, 5) is 12.0. The van der Waals surface area contributed by atoms with E-state index in [4.69, 9.17) is 0 Å². The van der Waals surface area contributed by atoms with Crippen LogP contribution in [0.25, 0.3) is 0 Å². The number of nitrogens with one attached hydrogen (secondary N) is 2. The highest BCUT2D eigenvalue weighted by Crippen LogP contribution is 2.22. The van der Waals surface area contributed by atoms with Crippen LogP contribution in [0, 0.1) is 0 Å². The van der Waals surface area contributed by atoms with Crippen molar-refractivity contribution < 1.29 is 9.18 Å². The standard InChI is InChI=1S/C12H14FN3O/c1-12(8-10(13)16(2)15-12)11(17)14-9-6-4-3-5-7-9/h3-8,15H,1-2H3,(H,14,17). The van der Waals surface area contributed by atoms with Gasteiger partial charge in [-0.15, -0.1) is 0 Å². The van der Waals surface area contributed by atoms with Gasteiger partial charge in [-0.25, -0.2) is 5.43 Å². The number of halogens is 1. The summed E-state index contributed by atoms with van der Waals surface area (Å²) in [6.45, 7) is 1.62. The van der Waals surface area contributed by atoms with E-state index in [2.05, 4.69) is 10.7 Å². The highest BCUT2D eigenvalue weighted by Gasteiger charge is 2.38. The molecule has 1 amide bonds. The van der Waals surface area contributed by atoms with Crippen molar-refractivity contribution in [3.05, 3.63) is 42.4 Å². The van der Waals surface area contributed by atoms with Crippen molar-refractivity contribution in [2.45, 2.75) is 12.5 Å². The second-order valence-electron chi connectivity index (χ2n) is 4.16. The fraction of sp³-hybridized carbons (Fsp3) is 0.250. The number of hydrogen-bond donors (Lipinski definition) is 2. The molecular formula is C12H14FN3O. The summed E-state index contributed by atoms with van der Waals surface area (Å²) < 4.78 is 13.3. The third-order valence-corrected chi connectivity index (χ3v) is 2.63. The van der Waals surface area contributed by atoms with Gasteiger partial charge in [0.15, 0.2) is 0 Å². The zero-order chi connectivity index (χ0) is 12.5. The van der Waals surface area contributed by atoms with E-state index in [0.29, 0.717) is 5.69 Å². The normalized spacial score (nSPS) is 23.5. The average molecular weight is 235 g/mol. The van der Waals surface area contributed by atoms with Gasteiger partial charge in [0.05, 0.1) is 0 Å². The first-order valence-electron chi connectivity index (χ1n) is 5.28. The molecule has 1 aliphatic rings. The van der Waals surface area contributed by atoms with Crippen LogP contribution in [0.4, 0.5) is 10.1 Å². The number of benzene rings is 1. The van der Waals surface area contributed by atoms with Gasteiger partial charge in [-0.3, -0.25) is 9.80 Å². The van der Waals surface area contributed by atoms with Crippen molar-refractivity contribution in [3.8, 4) is 0 Å². The number of carbonyl (C=O) groups is 1. The third kappa shape index (κ3) is 2.29. The van der Waals surface area contributed by atoms with Gasteiger partial charge in [0.2, 0.25) is 11.9 Å². The van der Waals surface area contributed by atoms with E-state index in [1.54, 1.807) is 19.1 Å². The molecule has 0 bridgehead atoms. The lowest BCUT2D eigenvalue weighted by Gasteiger charge is -2.24. The van der Waals surface area contributed by atoms with Gasteiger partial charge in [0.25, 0.3) is 0 Å². The van der Waals surface area contributed by atoms with Crippen LogP contribution in [0.15, 0.2) is 42.4 Å². The number of anilines is 1. The Morgan fingerprint density at radius 2 is 2.06 bits per heavy atom. The molecule has 1 aromatic rings. The van der Waals surface area contributed by atoms with Crippen LogP contribution < -0.4 is 10.7 Å². The van der Waals surface area contributed by atoms with Crippen molar-refractivity contribution in [3.63, 3.8) is 0 Å². The number of hydrazine groups is 1. The summed E-state index contributed by atoms with van der Waals surface area (Å²) in [5.74, 6) is -0.765. The van der Waals surface area contributed by atoms with Crippen molar-refractivity contribution in [1.82, 2.24) is 10.4 Å². The summed E-state index contributed by atoms with van der Waals surface area (Å²) in [6, 6.07) is 9.06. The lowest BCUT2D eigenvalue weighted by molar-refractivity contribution is -0.120. The number of carbonyl (C=O) groups excluding carboxylic acids is 1. The van der Waals surface area contributed by atoms with Gasteiger partial charge in [0.1, 0.15) is 5.54 Å². The zero-order valence-corrected chi connectivity index (χ0v) is 9.70. The van der Waals surface area contributed by atoms with Crippen LogP contribution in [-0.2, 0) is 4.79 Å². The summed E-state index contributed by atoms with van der Waals surface area (Å²) in [6.07, 6.45) is 1.26. The first-order valence-corrected chi connectivity index (χ1v) is 5.28. The molecule has 0 fully saturated rings. The Morgan fingerprint density at radius 1 is 1.41 bits per heavy atom. The summed E-state index contributed by atoms with van der Waals surface area (Å²) in [7, 11) is 1.52. The smallest absolute Gasteiger partial charge is 0.250 e. The molecule has 1 aromatic carbocycles. The molecule has 1 unspecified atom stereocenters. The molecule has 90 valence electrons. The number of para-hydroxylation sites is 1. The predicted octanol–water partition coefficient (Wildman–Crippen LogP) is 1.64. The van der Waals surface area contributed by atoms with Gasteiger partial charge in [-0.1, -0.05) is 18.2 Å². The van der Waals surface area contributed by atoms with E-state index in [-0.39, 0.29) is 5.91 Å². The topological polar surface area (TPSA) is 44.4 Å². The number of amides is 1. The summed E-state index contributed by atoms with van der Waals surface area (Å²) >= 11 is 0. The van der Waals surface area contributed by atoms with E-state index in [1.165, 1.54) is 18.1 Å². The fourth-order valence-electron chi connectivity index (χ4n) is 1.67. The number of rotatable bonds is 2. The minimum Gasteiger partial charge on any atom is -0.324 e. The molecule has 1 heterocycles. The largest absolute Gasteiger partial charge is 0.324 e. The molecule has 0 radical (unpaired) electrons. The van der Waals surface area contributed by atoms with E-state index < -0.39 is 11.5 Å². The molecule has 0 spiro atoms. The van der Waals surface area contributed by atoms with Crippen molar-refractivity contribution in [1.29, 1.82) is 0 Å². The first-order chi connectivity index (χ1) is 8.01. The van der Waals surface area contributed by atoms with Crippen LogP contribution in [-0.4, -0.2) is 23.5 Å². The molecule has 0 aliphatic carbocycles. The maximum absolute atomic E-state index is 13.3. The maximum Gasteiger partial charge on any atom is 0.250 e. The summed E-state index contributed by atoms with van der Waals surface area (Å²) in [5, 5.41) is 3.91. The predicted molar refractivity (Wildman–Crippen MR) is 63.6 cm³/mol. The third-order valence-electron chi connectivity index (χ3n) is 2.63. The maximum atomic E-state index is 13.3. The Morgan fingerprint density at radius 3 is 2.59 bits per heavy atom. The van der Waals surface area contributed by atoms with Crippen LogP contribution >= 0.6 is 0 Å². The molecule has 17 heavy (non-hydrogen) atoms. The summed E-state index contributed by atoms with van der Waals surface area (Å²) in [5.41, 5.74) is 2.38. The monoisotopic (exact) mass is 235 g/mol. The Bertz CT molecular complexity index is 460. The van der Waals surface area contributed by atoms with Crippen LogP contribution in [0.2, 0.25) is 0 Å². The van der Waals surface area contributed by atoms with Crippen LogP contribution in [0.1, 0.15) is 6.92 Å². The van der Waals surface area contributed by atoms with Crippen molar-refractivity contribution in [2.24, 2.45) is 0 Å². The lowest BCUT2D eigenvalue weighted by Crippen LogP contribution is -2.51. The Balaban J connectivity index is 2.12. The first kappa shape index (κ1) is 11.6. The molecule has 0 saturated heterocycles. The number of hydrogen-bond acceptors (Lipinski definition) is 3. The average Bonchev–Trinajstić information content (AvgIpc) is 2.55. The Labute approximate surface area is 99.1 Å². The molecular weight excluding hydrogens is 221 g/mol. The molecule has 4 nitrogen and oxygen atoms in total. The SMILES string of the molecule is CN1NC(C)(C(=O)Nc2ccccc2)C=C1F. The lowest BCUT2D eigenvalue weighted by atomic mass is 10.0. The Kier molecular flexibility index (Phi) is 2.85. The van der Waals surface area contributed by atoms with Gasteiger partial charge >= 0.3 is 0 Å². The van der Waals surface area contributed by atoms with Crippen LogP contribution in [0.3, 0.4) is 0 Å². The van der Waals surface area contributed by atoms with E-state index >= 15 is 0 Å². The Hall–Kier alpha value is -1.88. The van der Waals surface area contributed by atoms with Crippen LogP contribution in [0.5, 0.6) is 0 Å². The zero-order valence-electron chi connectivity index (χ0n) is 9.70. The van der Waals surface area contributed by atoms with Gasteiger partial charge in [-0.05, 0) is 19.1 Å². The quantitative estimate of drug-likeness (QED) is 0.766. The van der Waals surface area contributed by atoms with E-state index in [0.717, 1.165) is 0 Å². The van der Waals surface area contributed by atoms with E-state index in [9.17, 15) is 9.18 Å². The van der Waals surface area contributed by atoms with Crippen molar-refractivity contribution >= 4 is 11.6 Å². The molecule has 1 atom stereocenters. The molecule has 0 saturated carbocycles. The number of nitrogens with zero attached hydrogens (tertiary/aromatic N) is 1. The second-order valence-corrected chi connectivity index (χ2v) is 4.16. The fourth-order valence-corrected chi connectivity index (χ4v) is 1.67. The highest BCUT2D eigenvalue weighted by molar-refractivity contribution is 5.99. The molecule has 2 N–H and O–H groups in total. The molecule has 0 aromatic heterocycles. The van der Waals surface area contributed by atoms with Gasteiger partial charge in [0, 0.05) is 18.8 Å². The van der Waals surface area contributed by atoms with Gasteiger partial charge in [-0.2, -0.15) is 4.39 Å². The highest BCUT2D eigenvalue weighted by atomic mass is 19.1.